The first-order chi connectivity index (χ1) is 16.6. The molecule has 2 aromatic carbocycles. The fraction of sp³-hybridized carbons (Fsp3) is 0.400. The molecule has 9 heteroatoms. The van der Waals surface area contributed by atoms with Gasteiger partial charge >= 0.3 is 0 Å². The number of likely N-dealkylation sites (tertiary alicyclic amines) is 1. The second-order valence-electron chi connectivity index (χ2n) is 8.32. The summed E-state index contributed by atoms with van der Waals surface area (Å²) in [7, 11) is 3.43. The Hall–Kier alpha value is -2.91. The topological polar surface area (TPSA) is 72.3 Å². The summed E-state index contributed by atoms with van der Waals surface area (Å²) in [5, 5.41) is 11.9. The molecule has 1 aliphatic rings. The van der Waals surface area contributed by atoms with Gasteiger partial charge in [0.25, 0.3) is 0 Å². The maximum Gasteiger partial charge on any atom is 0.230 e. The number of hydrogen-bond acceptors (Lipinski definition) is 6. The normalized spacial score (nSPS) is 15.1. The summed E-state index contributed by atoms with van der Waals surface area (Å²) in [5.74, 6) is 1.04. The van der Waals surface area contributed by atoms with Gasteiger partial charge in [-0.2, -0.15) is 0 Å². The van der Waals surface area contributed by atoms with Gasteiger partial charge in [0.1, 0.15) is 11.6 Å². The monoisotopic (exact) mass is 483 g/mol. The Labute approximate surface area is 203 Å². The van der Waals surface area contributed by atoms with E-state index in [1.807, 2.05) is 12.1 Å². The van der Waals surface area contributed by atoms with E-state index in [1.54, 1.807) is 36.9 Å². The van der Waals surface area contributed by atoms with Gasteiger partial charge in [-0.25, -0.2) is 4.39 Å². The quantitative estimate of drug-likeness (QED) is 0.463. The van der Waals surface area contributed by atoms with Gasteiger partial charge < -0.3 is 14.6 Å². The van der Waals surface area contributed by atoms with E-state index in [0.29, 0.717) is 23.1 Å². The number of carbonyl (C=O) groups excluding carboxylic acids is 1. The Morgan fingerprint density at radius 1 is 1.12 bits per heavy atom. The van der Waals surface area contributed by atoms with Crippen LogP contribution in [0.2, 0.25) is 0 Å². The number of aromatic nitrogens is 3. The van der Waals surface area contributed by atoms with Crippen molar-refractivity contribution in [1.29, 1.82) is 0 Å². The van der Waals surface area contributed by atoms with Crippen LogP contribution in [0.3, 0.4) is 0 Å². The van der Waals surface area contributed by atoms with E-state index in [2.05, 4.69) is 32.5 Å². The smallest absolute Gasteiger partial charge is 0.230 e. The van der Waals surface area contributed by atoms with Crippen LogP contribution in [0.15, 0.2) is 53.7 Å². The van der Waals surface area contributed by atoms with Crippen LogP contribution in [0, 0.1) is 5.82 Å². The van der Waals surface area contributed by atoms with Crippen molar-refractivity contribution in [2.75, 3.05) is 32.5 Å². The van der Waals surface area contributed by atoms with Crippen molar-refractivity contribution in [1.82, 2.24) is 25.0 Å². The van der Waals surface area contributed by atoms with E-state index in [0.717, 1.165) is 18.8 Å². The van der Waals surface area contributed by atoms with E-state index >= 15 is 0 Å². The lowest BCUT2D eigenvalue weighted by molar-refractivity contribution is -0.118. The molecular formula is C25H30FN5O2S. The average Bonchev–Trinajstić information content (AvgIpc) is 3.24. The number of carbonyl (C=O) groups is 1. The molecule has 0 radical (unpaired) electrons. The second kappa shape index (κ2) is 11.5. The van der Waals surface area contributed by atoms with E-state index in [4.69, 9.17) is 4.74 Å². The van der Waals surface area contributed by atoms with Crippen LogP contribution in [-0.2, 0) is 11.8 Å². The van der Waals surface area contributed by atoms with Gasteiger partial charge in [-0.15, -0.1) is 10.2 Å². The number of thioether (sulfide) groups is 1. The molecular weight excluding hydrogens is 453 g/mol. The Balaban J connectivity index is 1.37. The van der Waals surface area contributed by atoms with Gasteiger partial charge in [0.2, 0.25) is 5.91 Å². The summed E-state index contributed by atoms with van der Waals surface area (Å²) < 4.78 is 21.1. The molecule has 0 spiro atoms. The van der Waals surface area contributed by atoms with Gasteiger partial charge in [0.05, 0.1) is 24.5 Å². The van der Waals surface area contributed by atoms with Gasteiger partial charge in [0, 0.05) is 13.6 Å². The largest absolute Gasteiger partial charge is 0.497 e. The van der Waals surface area contributed by atoms with Crippen LogP contribution in [0.4, 0.5) is 4.39 Å². The number of methoxy groups -OCH3 is 1. The molecule has 0 saturated carbocycles. The van der Waals surface area contributed by atoms with Crippen LogP contribution >= 0.6 is 11.8 Å². The van der Waals surface area contributed by atoms with Gasteiger partial charge in [-0.3, -0.25) is 9.69 Å². The molecule has 1 aliphatic heterocycles. The van der Waals surface area contributed by atoms with Crippen LogP contribution in [0.1, 0.15) is 30.9 Å². The highest BCUT2D eigenvalue weighted by Crippen LogP contribution is 2.27. The first-order valence-corrected chi connectivity index (χ1v) is 12.5. The second-order valence-corrected chi connectivity index (χ2v) is 9.27. The van der Waals surface area contributed by atoms with Gasteiger partial charge in [0.15, 0.2) is 11.0 Å². The Bertz CT molecular complexity index is 1100. The van der Waals surface area contributed by atoms with E-state index in [1.165, 1.54) is 42.7 Å². The molecule has 7 nitrogen and oxygen atoms in total. The Morgan fingerprint density at radius 2 is 1.85 bits per heavy atom. The molecule has 34 heavy (non-hydrogen) atoms. The lowest BCUT2D eigenvalue weighted by Gasteiger charge is -2.35. The summed E-state index contributed by atoms with van der Waals surface area (Å²) in [6, 6.07) is 14.6. The fourth-order valence-corrected chi connectivity index (χ4v) is 4.96. The molecule has 1 N–H and O–H groups in total. The molecule has 1 aromatic heterocycles. The minimum Gasteiger partial charge on any atom is -0.497 e. The highest BCUT2D eigenvalue weighted by molar-refractivity contribution is 7.99. The zero-order valence-electron chi connectivity index (χ0n) is 19.5. The molecule has 1 fully saturated rings. The number of halogens is 1. The molecule has 3 aromatic rings. The summed E-state index contributed by atoms with van der Waals surface area (Å²) >= 11 is 1.29. The van der Waals surface area contributed by atoms with Crippen LogP contribution in [-0.4, -0.2) is 58.1 Å². The van der Waals surface area contributed by atoms with Crippen molar-refractivity contribution in [3.63, 3.8) is 0 Å². The maximum absolute atomic E-state index is 14.1. The minimum atomic E-state index is -0.352. The molecule has 4 rings (SSSR count). The van der Waals surface area contributed by atoms with Crippen molar-refractivity contribution in [2.24, 2.45) is 7.05 Å². The molecule has 0 unspecified atom stereocenters. The average molecular weight is 484 g/mol. The number of amides is 1. The third kappa shape index (κ3) is 5.77. The number of benzene rings is 2. The minimum absolute atomic E-state index is 0.0732. The molecule has 0 aliphatic carbocycles. The van der Waals surface area contributed by atoms with Crippen LogP contribution in [0.25, 0.3) is 11.4 Å². The molecule has 1 saturated heterocycles. The molecule has 2 heterocycles. The number of nitrogens with one attached hydrogen (secondary N) is 1. The molecule has 1 amide bonds. The Morgan fingerprint density at radius 3 is 2.56 bits per heavy atom. The van der Waals surface area contributed by atoms with Crippen LogP contribution in [0.5, 0.6) is 5.75 Å². The van der Waals surface area contributed by atoms with Gasteiger partial charge in [-0.1, -0.05) is 42.4 Å². The van der Waals surface area contributed by atoms with E-state index in [9.17, 15) is 9.18 Å². The third-order valence-electron chi connectivity index (χ3n) is 6.11. The van der Waals surface area contributed by atoms with E-state index in [-0.39, 0.29) is 23.5 Å². The zero-order valence-corrected chi connectivity index (χ0v) is 20.4. The summed E-state index contributed by atoms with van der Waals surface area (Å²) in [6.45, 7) is 2.59. The lowest BCUT2D eigenvalue weighted by atomic mass is 10.0. The van der Waals surface area contributed by atoms with Crippen molar-refractivity contribution in [2.45, 2.75) is 30.5 Å². The number of rotatable bonds is 9. The number of ether oxygens (including phenoxy) is 1. The SMILES string of the molecule is COc1ccc([C@@H](CNC(=O)CSc2nnc(-c3ccccc3F)n2C)N2CCCCC2)cc1. The summed E-state index contributed by atoms with van der Waals surface area (Å²) in [6.07, 6.45) is 3.60. The number of hydrogen-bond donors (Lipinski definition) is 1. The molecule has 0 bridgehead atoms. The number of nitrogens with zero attached hydrogens (tertiary/aromatic N) is 4. The zero-order chi connectivity index (χ0) is 23.9. The van der Waals surface area contributed by atoms with Crippen LogP contribution < -0.4 is 10.1 Å². The highest BCUT2D eigenvalue weighted by atomic mass is 32.2. The summed E-state index contributed by atoms with van der Waals surface area (Å²) in [4.78, 5) is 15.1. The lowest BCUT2D eigenvalue weighted by Crippen LogP contribution is -2.41. The fourth-order valence-electron chi connectivity index (χ4n) is 4.22. The van der Waals surface area contributed by atoms with E-state index < -0.39 is 0 Å². The third-order valence-corrected chi connectivity index (χ3v) is 7.13. The maximum atomic E-state index is 14.1. The predicted octanol–water partition coefficient (Wildman–Crippen LogP) is 4.07. The first kappa shape index (κ1) is 24.2. The first-order valence-electron chi connectivity index (χ1n) is 11.5. The Kier molecular flexibility index (Phi) is 8.18. The standard InChI is InChI=1S/C25H30FN5O2S/c1-30-24(20-8-4-5-9-21(20)26)28-29-25(30)34-17-23(32)27-16-22(31-14-6-3-7-15-31)18-10-12-19(33-2)13-11-18/h4-5,8-13,22H,3,6-7,14-17H2,1-2H3,(H,27,32)/t22-/m1/s1. The van der Waals surface area contributed by atoms with Crippen molar-refractivity contribution < 1.29 is 13.9 Å². The van der Waals surface area contributed by atoms with Gasteiger partial charge in [-0.05, 0) is 55.8 Å². The highest BCUT2D eigenvalue weighted by Gasteiger charge is 2.23. The number of piperidine rings is 1. The van der Waals surface area contributed by atoms with Crippen molar-refractivity contribution >= 4 is 17.7 Å². The van der Waals surface area contributed by atoms with Crippen molar-refractivity contribution in [3.05, 3.63) is 59.9 Å². The molecule has 1 atom stereocenters. The predicted molar refractivity (Wildman–Crippen MR) is 131 cm³/mol. The molecule has 180 valence electrons. The summed E-state index contributed by atoms with van der Waals surface area (Å²) in [5.41, 5.74) is 1.55. The van der Waals surface area contributed by atoms with Crippen molar-refractivity contribution in [3.8, 4) is 17.1 Å².